The maximum Gasteiger partial charge on any atom is 0.416 e. The van der Waals surface area contributed by atoms with Crippen molar-refractivity contribution in [3.63, 3.8) is 0 Å². The van der Waals surface area contributed by atoms with Crippen LogP contribution in [0.25, 0.3) is 0 Å². The lowest BCUT2D eigenvalue weighted by molar-refractivity contribution is -0.141. The van der Waals surface area contributed by atoms with Crippen molar-refractivity contribution in [2.75, 3.05) is 6.61 Å². The fraction of sp³-hybridized carbons (Fsp3) is 0.231. The molecule has 0 radical (unpaired) electrons. The second-order valence-electron chi connectivity index (χ2n) is 7.28. The lowest BCUT2D eigenvalue weighted by Gasteiger charge is -2.17. The van der Waals surface area contributed by atoms with E-state index in [0.717, 1.165) is 12.1 Å². The Hall–Kier alpha value is -3.81. The Balaban J connectivity index is 1.68. The first kappa shape index (κ1) is 24.8. The van der Waals surface area contributed by atoms with Gasteiger partial charge in [-0.25, -0.2) is 0 Å². The number of aliphatic imine (C=N–C) groups is 1. The number of hydrogen-bond acceptors (Lipinski definition) is 5. The standard InChI is InChI=1S/C26H24F3NO4/c1-3-32-25(31)17-24(30-20-7-5-4-6-8-20)18(2)33-21-13-15-23(16-14-21)34-22-11-9-19(10-12-22)26(27,28)29/h4-16,18H,3,17H2,1-2H3. The molecule has 0 bridgehead atoms. The molecule has 0 aliphatic rings. The zero-order valence-electron chi connectivity index (χ0n) is 18.7. The van der Waals surface area contributed by atoms with Crippen LogP contribution in [0.5, 0.6) is 17.2 Å². The van der Waals surface area contributed by atoms with Gasteiger partial charge in [0.15, 0.2) is 0 Å². The highest BCUT2D eigenvalue weighted by molar-refractivity contribution is 6.02. The van der Waals surface area contributed by atoms with Crippen LogP contribution in [0.15, 0.2) is 83.9 Å². The molecule has 3 aromatic rings. The lowest BCUT2D eigenvalue weighted by atomic mass is 10.1. The van der Waals surface area contributed by atoms with E-state index in [2.05, 4.69) is 4.99 Å². The van der Waals surface area contributed by atoms with Crippen molar-refractivity contribution in [3.05, 3.63) is 84.4 Å². The zero-order chi connectivity index (χ0) is 24.6. The summed E-state index contributed by atoms with van der Waals surface area (Å²) in [5, 5.41) is 0. The molecule has 0 N–H and O–H groups in total. The van der Waals surface area contributed by atoms with E-state index in [9.17, 15) is 18.0 Å². The summed E-state index contributed by atoms with van der Waals surface area (Å²) in [7, 11) is 0. The summed E-state index contributed by atoms with van der Waals surface area (Å²) in [5.74, 6) is 0.830. The summed E-state index contributed by atoms with van der Waals surface area (Å²) in [6.07, 6.45) is -4.94. The summed E-state index contributed by atoms with van der Waals surface area (Å²) in [6, 6.07) is 20.3. The number of carbonyl (C=O) groups excluding carboxylic acids is 1. The van der Waals surface area contributed by atoms with Crippen molar-refractivity contribution >= 4 is 17.4 Å². The molecule has 0 fully saturated rings. The molecule has 1 unspecified atom stereocenters. The minimum Gasteiger partial charge on any atom is -0.485 e. The summed E-state index contributed by atoms with van der Waals surface area (Å²) in [5.41, 5.74) is 0.459. The van der Waals surface area contributed by atoms with Gasteiger partial charge in [0.1, 0.15) is 23.4 Å². The predicted molar refractivity (Wildman–Crippen MR) is 123 cm³/mol. The van der Waals surface area contributed by atoms with E-state index in [1.165, 1.54) is 12.1 Å². The fourth-order valence-electron chi connectivity index (χ4n) is 3.01. The Bertz CT molecular complexity index is 1100. The van der Waals surface area contributed by atoms with E-state index in [-0.39, 0.29) is 18.8 Å². The van der Waals surface area contributed by atoms with Crippen LogP contribution >= 0.6 is 0 Å². The van der Waals surface area contributed by atoms with Crippen LogP contribution < -0.4 is 9.47 Å². The topological polar surface area (TPSA) is 57.1 Å². The summed E-state index contributed by atoms with van der Waals surface area (Å²) >= 11 is 0. The first-order valence-electron chi connectivity index (χ1n) is 10.6. The normalized spacial score (nSPS) is 12.7. The van der Waals surface area contributed by atoms with Crippen molar-refractivity contribution < 1.29 is 32.2 Å². The van der Waals surface area contributed by atoms with E-state index >= 15 is 0 Å². The molecule has 34 heavy (non-hydrogen) atoms. The van der Waals surface area contributed by atoms with Gasteiger partial charge in [0.25, 0.3) is 0 Å². The summed E-state index contributed by atoms with van der Waals surface area (Å²) < 4.78 is 54.7. The molecule has 0 aliphatic heterocycles. The molecule has 3 rings (SSSR count). The Morgan fingerprint density at radius 3 is 2.00 bits per heavy atom. The molecule has 5 nitrogen and oxygen atoms in total. The smallest absolute Gasteiger partial charge is 0.416 e. The molecule has 0 aromatic heterocycles. The van der Waals surface area contributed by atoms with E-state index < -0.39 is 23.8 Å². The molecule has 8 heteroatoms. The molecular weight excluding hydrogens is 447 g/mol. The molecule has 0 saturated carbocycles. The van der Waals surface area contributed by atoms with Crippen molar-refractivity contribution in [2.45, 2.75) is 32.5 Å². The number of esters is 1. The molecule has 0 aliphatic carbocycles. The summed E-state index contributed by atoms with van der Waals surface area (Å²) in [6.45, 7) is 3.79. The average molecular weight is 471 g/mol. The fourth-order valence-corrected chi connectivity index (χ4v) is 3.01. The maximum atomic E-state index is 12.7. The monoisotopic (exact) mass is 471 g/mol. The maximum absolute atomic E-state index is 12.7. The van der Waals surface area contributed by atoms with Crippen LogP contribution in [0, 0.1) is 0 Å². The molecule has 0 amide bonds. The molecule has 0 heterocycles. The number of halogens is 3. The minimum atomic E-state index is -4.40. The van der Waals surface area contributed by atoms with Crippen molar-refractivity contribution in [1.82, 2.24) is 0 Å². The quantitative estimate of drug-likeness (QED) is 0.249. The highest BCUT2D eigenvalue weighted by Crippen LogP contribution is 2.31. The highest BCUT2D eigenvalue weighted by atomic mass is 19.4. The Morgan fingerprint density at radius 2 is 1.44 bits per heavy atom. The van der Waals surface area contributed by atoms with Gasteiger partial charge in [-0.3, -0.25) is 9.79 Å². The molecule has 3 aromatic carbocycles. The number of hydrogen-bond donors (Lipinski definition) is 0. The van der Waals surface area contributed by atoms with Gasteiger partial charge in [0.05, 0.1) is 30.0 Å². The highest BCUT2D eigenvalue weighted by Gasteiger charge is 2.30. The zero-order valence-corrected chi connectivity index (χ0v) is 18.7. The van der Waals surface area contributed by atoms with Crippen LogP contribution in [0.3, 0.4) is 0 Å². The van der Waals surface area contributed by atoms with Gasteiger partial charge in [-0.05, 0) is 74.5 Å². The molecule has 0 spiro atoms. The van der Waals surface area contributed by atoms with Gasteiger partial charge in [0.2, 0.25) is 0 Å². The van der Waals surface area contributed by atoms with E-state index in [0.29, 0.717) is 22.9 Å². The number of benzene rings is 3. The van der Waals surface area contributed by atoms with Crippen molar-refractivity contribution in [2.24, 2.45) is 4.99 Å². The van der Waals surface area contributed by atoms with Crippen LogP contribution in [-0.2, 0) is 15.7 Å². The number of rotatable bonds is 9. The van der Waals surface area contributed by atoms with E-state index in [1.54, 1.807) is 38.1 Å². The second-order valence-corrected chi connectivity index (χ2v) is 7.28. The van der Waals surface area contributed by atoms with Gasteiger partial charge in [0, 0.05) is 0 Å². The third-order valence-electron chi connectivity index (χ3n) is 4.68. The van der Waals surface area contributed by atoms with Crippen molar-refractivity contribution in [1.29, 1.82) is 0 Å². The van der Waals surface area contributed by atoms with E-state index in [4.69, 9.17) is 14.2 Å². The average Bonchev–Trinajstić information content (AvgIpc) is 2.80. The molecule has 178 valence electrons. The van der Waals surface area contributed by atoms with Crippen molar-refractivity contribution in [3.8, 4) is 17.2 Å². The number of nitrogens with zero attached hydrogens (tertiary/aromatic N) is 1. The Labute approximate surface area is 195 Å². The van der Waals surface area contributed by atoms with Gasteiger partial charge in [-0.1, -0.05) is 18.2 Å². The first-order valence-corrected chi connectivity index (χ1v) is 10.6. The summed E-state index contributed by atoms with van der Waals surface area (Å²) in [4.78, 5) is 16.6. The van der Waals surface area contributed by atoms with Gasteiger partial charge < -0.3 is 14.2 Å². The second kappa shape index (κ2) is 11.4. The van der Waals surface area contributed by atoms with E-state index in [1.807, 2.05) is 30.3 Å². The predicted octanol–water partition coefficient (Wildman–Crippen LogP) is 6.99. The van der Waals surface area contributed by atoms with Gasteiger partial charge in [-0.2, -0.15) is 13.2 Å². The Kier molecular flexibility index (Phi) is 8.29. The van der Waals surface area contributed by atoms with Gasteiger partial charge in [-0.15, -0.1) is 0 Å². The van der Waals surface area contributed by atoms with Crippen LogP contribution in [0.4, 0.5) is 18.9 Å². The van der Waals surface area contributed by atoms with Crippen LogP contribution in [0.2, 0.25) is 0 Å². The van der Waals surface area contributed by atoms with Gasteiger partial charge >= 0.3 is 12.1 Å². The number of alkyl halides is 3. The Morgan fingerprint density at radius 1 is 0.882 bits per heavy atom. The first-order chi connectivity index (χ1) is 16.2. The third-order valence-corrected chi connectivity index (χ3v) is 4.68. The number of ether oxygens (including phenoxy) is 3. The van der Waals surface area contributed by atoms with Crippen LogP contribution in [-0.4, -0.2) is 24.4 Å². The van der Waals surface area contributed by atoms with Crippen LogP contribution in [0.1, 0.15) is 25.8 Å². The molecule has 1 atom stereocenters. The minimum absolute atomic E-state index is 0.0149. The third kappa shape index (κ3) is 7.37. The molecular formula is C26H24F3NO4. The number of carbonyl (C=O) groups is 1. The molecule has 0 saturated heterocycles. The largest absolute Gasteiger partial charge is 0.485 e. The lowest BCUT2D eigenvalue weighted by Crippen LogP contribution is -2.27. The SMILES string of the molecule is CCOC(=O)CC(=Nc1ccccc1)C(C)Oc1ccc(Oc2ccc(C(F)(F)F)cc2)cc1. The number of para-hydroxylation sites is 1.